The number of nitriles is 1. The quantitative estimate of drug-likeness (QED) is 0.734. The van der Waals surface area contributed by atoms with Crippen LogP contribution in [0.1, 0.15) is 18.5 Å². The summed E-state index contributed by atoms with van der Waals surface area (Å²) in [6.07, 6.45) is 0. The van der Waals surface area contributed by atoms with Gasteiger partial charge in [0.15, 0.2) is 6.61 Å². The van der Waals surface area contributed by atoms with E-state index in [1.54, 1.807) is 12.1 Å². The number of rotatable bonds is 5. The molecular formula is C12H15N3O2. The number of ether oxygens (including phenoxy) is 1. The molecule has 17 heavy (non-hydrogen) atoms. The minimum absolute atomic E-state index is 0.00812. The third-order valence-corrected chi connectivity index (χ3v) is 2.14. The van der Waals surface area contributed by atoms with Gasteiger partial charge >= 0.3 is 0 Å². The Bertz CT molecular complexity index is 407. The van der Waals surface area contributed by atoms with Gasteiger partial charge in [0.2, 0.25) is 0 Å². The molecular weight excluding hydrogens is 218 g/mol. The molecule has 1 aromatic rings. The van der Waals surface area contributed by atoms with Crippen LogP contribution in [0.5, 0.6) is 5.75 Å². The molecule has 90 valence electrons. The molecule has 1 amide bonds. The van der Waals surface area contributed by atoms with Crippen molar-refractivity contribution in [3.8, 4) is 11.8 Å². The summed E-state index contributed by atoms with van der Waals surface area (Å²) in [7, 11) is 0. The van der Waals surface area contributed by atoms with E-state index in [1.165, 1.54) is 0 Å². The van der Waals surface area contributed by atoms with E-state index in [-0.39, 0.29) is 25.1 Å². The lowest BCUT2D eigenvalue weighted by Gasteiger charge is -2.08. The first kappa shape index (κ1) is 13.0. The van der Waals surface area contributed by atoms with Gasteiger partial charge in [0.25, 0.3) is 5.91 Å². The highest BCUT2D eigenvalue weighted by Gasteiger charge is 2.03. The lowest BCUT2D eigenvalue weighted by atomic mass is 10.1. The number of nitrogens with two attached hydrogens (primary N) is 1. The van der Waals surface area contributed by atoms with E-state index in [2.05, 4.69) is 5.32 Å². The van der Waals surface area contributed by atoms with Gasteiger partial charge in [-0.05, 0) is 24.6 Å². The van der Waals surface area contributed by atoms with Crippen molar-refractivity contribution >= 4 is 5.91 Å². The van der Waals surface area contributed by atoms with Gasteiger partial charge in [-0.15, -0.1) is 0 Å². The molecule has 5 heteroatoms. The van der Waals surface area contributed by atoms with Crippen LogP contribution in [-0.4, -0.2) is 19.1 Å². The number of benzene rings is 1. The van der Waals surface area contributed by atoms with Crippen molar-refractivity contribution in [3.05, 3.63) is 29.8 Å². The number of nitrogens with one attached hydrogen (secondary N) is 1. The number of nitrogens with zero attached hydrogens (tertiary/aromatic N) is 1. The second-order valence-electron chi connectivity index (χ2n) is 3.58. The van der Waals surface area contributed by atoms with E-state index in [0.717, 1.165) is 5.56 Å². The summed E-state index contributed by atoms with van der Waals surface area (Å²) in [5.41, 5.74) is 6.71. The van der Waals surface area contributed by atoms with E-state index in [4.69, 9.17) is 15.7 Å². The summed E-state index contributed by atoms with van der Waals surface area (Å²) in [5, 5.41) is 10.7. The molecule has 0 radical (unpaired) electrons. The predicted molar refractivity (Wildman–Crippen MR) is 63.2 cm³/mol. The molecule has 0 aliphatic carbocycles. The summed E-state index contributed by atoms with van der Waals surface area (Å²) in [5.74, 6) is 0.282. The molecule has 1 atom stereocenters. The Morgan fingerprint density at radius 3 is 2.71 bits per heavy atom. The Morgan fingerprint density at radius 2 is 2.18 bits per heavy atom. The molecule has 1 aromatic carbocycles. The fraction of sp³-hybridized carbons (Fsp3) is 0.333. The second-order valence-corrected chi connectivity index (χ2v) is 3.58. The molecule has 3 N–H and O–H groups in total. The van der Waals surface area contributed by atoms with Crippen molar-refractivity contribution < 1.29 is 9.53 Å². The van der Waals surface area contributed by atoms with Gasteiger partial charge in [-0.1, -0.05) is 12.1 Å². The summed E-state index contributed by atoms with van der Waals surface area (Å²) in [6.45, 7) is 1.79. The monoisotopic (exact) mass is 233 g/mol. The SMILES string of the molecule is C[C@H](N)c1ccc(OCC(=O)NCC#N)cc1. The largest absolute Gasteiger partial charge is 0.484 e. The van der Waals surface area contributed by atoms with E-state index in [0.29, 0.717) is 5.75 Å². The number of hydrogen-bond acceptors (Lipinski definition) is 4. The number of amides is 1. The van der Waals surface area contributed by atoms with Gasteiger partial charge in [0.1, 0.15) is 12.3 Å². The minimum Gasteiger partial charge on any atom is -0.484 e. The maximum Gasteiger partial charge on any atom is 0.258 e. The molecule has 0 saturated carbocycles. The van der Waals surface area contributed by atoms with Crippen LogP contribution in [0.2, 0.25) is 0 Å². The van der Waals surface area contributed by atoms with Crippen LogP contribution in [-0.2, 0) is 4.79 Å². The summed E-state index contributed by atoms with van der Waals surface area (Å²) < 4.78 is 5.24. The molecule has 0 fully saturated rings. The average Bonchev–Trinajstić information content (AvgIpc) is 2.34. The summed E-state index contributed by atoms with van der Waals surface area (Å²) in [4.78, 5) is 11.1. The molecule has 0 saturated heterocycles. The van der Waals surface area contributed by atoms with Crippen molar-refractivity contribution in [2.24, 2.45) is 5.73 Å². The molecule has 0 aromatic heterocycles. The Morgan fingerprint density at radius 1 is 1.53 bits per heavy atom. The zero-order valence-corrected chi connectivity index (χ0v) is 9.64. The fourth-order valence-corrected chi connectivity index (χ4v) is 1.21. The number of hydrogen-bond donors (Lipinski definition) is 2. The highest BCUT2D eigenvalue weighted by molar-refractivity contribution is 5.77. The normalized spacial score (nSPS) is 11.4. The predicted octanol–water partition coefficient (Wildman–Crippen LogP) is 0.725. The topological polar surface area (TPSA) is 88.1 Å². The van der Waals surface area contributed by atoms with E-state index >= 15 is 0 Å². The van der Waals surface area contributed by atoms with Gasteiger partial charge in [-0.2, -0.15) is 5.26 Å². The molecule has 0 heterocycles. The van der Waals surface area contributed by atoms with Crippen molar-refractivity contribution in [1.82, 2.24) is 5.32 Å². The summed E-state index contributed by atoms with van der Waals surface area (Å²) >= 11 is 0. The van der Waals surface area contributed by atoms with Crippen LogP contribution < -0.4 is 15.8 Å². The van der Waals surface area contributed by atoms with Crippen LogP contribution >= 0.6 is 0 Å². The highest BCUT2D eigenvalue weighted by atomic mass is 16.5. The van der Waals surface area contributed by atoms with Gasteiger partial charge in [0, 0.05) is 6.04 Å². The van der Waals surface area contributed by atoms with Crippen LogP contribution in [0.3, 0.4) is 0 Å². The third kappa shape index (κ3) is 4.53. The highest BCUT2D eigenvalue weighted by Crippen LogP contribution is 2.15. The van der Waals surface area contributed by atoms with E-state index in [1.807, 2.05) is 25.1 Å². The first-order chi connectivity index (χ1) is 8.13. The third-order valence-electron chi connectivity index (χ3n) is 2.14. The molecule has 0 aliphatic rings. The maximum atomic E-state index is 11.1. The molecule has 5 nitrogen and oxygen atoms in total. The van der Waals surface area contributed by atoms with E-state index in [9.17, 15) is 4.79 Å². The Balaban J connectivity index is 2.42. The van der Waals surface area contributed by atoms with Gasteiger partial charge in [0.05, 0.1) is 6.07 Å². The van der Waals surface area contributed by atoms with Gasteiger partial charge in [-0.25, -0.2) is 0 Å². The molecule has 1 rings (SSSR count). The Hall–Kier alpha value is -2.06. The molecule has 0 bridgehead atoms. The number of carbonyl (C=O) groups excluding carboxylic acids is 1. The van der Waals surface area contributed by atoms with Crippen molar-refractivity contribution in [1.29, 1.82) is 5.26 Å². The van der Waals surface area contributed by atoms with E-state index < -0.39 is 0 Å². The first-order valence-electron chi connectivity index (χ1n) is 5.25. The molecule has 0 aliphatic heterocycles. The molecule has 0 spiro atoms. The van der Waals surface area contributed by atoms with Crippen LogP contribution in [0.15, 0.2) is 24.3 Å². The number of carbonyl (C=O) groups is 1. The van der Waals surface area contributed by atoms with Crippen LogP contribution in [0.4, 0.5) is 0 Å². The van der Waals surface area contributed by atoms with Gasteiger partial charge in [-0.3, -0.25) is 4.79 Å². The second kappa shape index (κ2) is 6.51. The Kier molecular flexibility index (Phi) is 4.98. The fourth-order valence-electron chi connectivity index (χ4n) is 1.21. The Labute approximate surface area is 100 Å². The van der Waals surface area contributed by atoms with Crippen LogP contribution in [0.25, 0.3) is 0 Å². The standard InChI is InChI=1S/C12H15N3O2/c1-9(14)10-2-4-11(5-3-10)17-8-12(16)15-7-6-13/h2-5,9H,7-8,14H2,1H3,(H,15,16)/t9-/m0/s1. The minimum atomic E-state index is -0.317. The molecule has 0 unspecified atom stereocenters. The smallest absolute Gasteiger partial charge is 0.258 e. The van der Waals surface area contributed by atoms with Crippen molar-refractivity contribution in [2.75, 3.05) is 13.2 Å². The first-order valence-corrected chi connectivity index (χ1v) is 5.25. The average molecular weight is 233 g/mol. The zero-order chi connectivity index (χ0) is 12.7. The lowest BCUT2D eigenvalue weighted by Crippen LogP contribution is -2.29. The van der Waals surface area contributed by atoms with Crippen molar-refractivity contribution in [3.63, 3.8) is 0 Å². The van der Waals surface area contributed by atoms with Crippen LogP contribution in [0, 0.1) is 11.3 Å². The zero-order valence-electron chi connectivity index (χ0n) is 9.64. The lowest BCUT2D eigenvalue weighted by molar-refractivity contribution is -0.122. The maximum absolute atomic E-state index is 11.1. The van der Waals surface area contributed by atoms with Crippen molar-refractivity contribution in [2.45, 2.75) is 13.0 Å². The van der Waals surface area contributed by atoms with Gasteiger partial charge < -0.3 is 15.8 Å². The summed E-state index contributed by atoms with van der Waals surface area (Å²) in [6, 6.07) is 9.02.